The molecule has 2 aliphatic heterocycles. The van der Waals surface area contributed by atoms with Gasteiger partial charge < -0.3 is 9.80 Å². The fourth-order valence-electron chi connectivity index (χ4n) is 4.96. The molecule has 1 aromatic carbocycles. The molecule has 0 atom stereocenters. The van der Waals surface area contributed by atoms with Gasteiger partial charge in [-0.05, 0) is 55.3 Å². The predicted octanol–water partition coefficient (Wildman–Crippen LogP) is 5.25. The highest BCUT2D eigenvalue weighted by molar-refractivity contribution is 8.26. The van der Waals surface area contributed by atoms with Crippen molar-refractivity contribution in [3.05, 3.63) is 74.8 Å². The van der Waals surface area contributed by atoms with Crippen molar-refractivity contribution in [3.63, 3.8) is 0 Å². The van der Waals surface area contributed by atoms with Gasteiger partial charge in [0.15, 0.2) is 0 Å². The topological polar surface area (TPSA) is 61.2 Å². The maximum atomic E-state index is 13.8. The van der Waals surface area contributed by atoms with Crippen LogP contribution in [-0.2, 0) is 4.79 Å². The van der Waals surface area contributed by atoms with Crippen LogP contribution < -0.4 is 15.4 Å². The average Bonchev–Trinajstić information content (AvgIpc) is 3.20. The van der Waals surface area contributed by atoms with E-state index < -0.39 is 0 Å². The third-order valence-electron chi connectivity index (χ3n) is 7.14. The van der Waals surface area contributed by atoms with Gasteiger partial charge >= 0.3 is 0 Å². The second-order valence-corrected chi connectivity index (χ2v) is 11.6. The molecule has 10 heteroatoms. The molecule has 2 aromatic heterocycles. The molecule has 2 saturated heterocycles. The number of unbranched alkanes of at least 4 members (excludes halogenated alkanes) is 3. The molecule has 0 saturated carbocycles. The van der Waals surface area contributed by atoms with Gasteiger partial charge in [-0.25, -0.2) is 9.37 Å². The van der Waals surface area contributed by atoms with E-state index in [4.69, 9.17) is 17.2 Å². The normalized spacial score (nSPS) is 17.2. The molecule has 0 bridgehead atoms. The van der Waals surface area contributed by atoms with Crippen molar-refractivity contribution < 1.29 is 9.18 Å². The minimum atomic E-state index is -0.260. The van der Waals surface area contributed by atoms with Gasteiger partial charge in [-0.3, -0.25) is 18.9 Å². The molecule has 0 aliphatic carbocycles. The number of thiocarbonyl (C=S) groups is 1. The number of pyridine rings is 1. The standard InChI is InChI=1S/C29H32FN5O2S2/c1-3-4-5-6-13-34-28(37)24(39-29(34)38)18-23-26(31-25-12-7-20(2)19-35(25)27(23)36)33-16-14-32(15-17-33)22-10-8-21(30)9-11-22/h7-12,18-19H,3-6,13-17H2,1-2H3/b24-18+. The fourth-order valence-corrected chi connectivity index (χ4v) is 6.25. The number of piperazine rings is 1. The van der Waals surface area contributed by atoms with Gasteiger partial charge in [0, 0.05) is 44.6 Å². The number of anilines is 2. The van der Waals surface area contributed by atoms with Gasteiger partial charge in [0.2, 0.25) is 0 Å². The van der Waals surface area contributed by atoms with Crippen LogP contribution in [0.25, 0.3) is 11.7 Å². The lowest BCUT2D eigenvalue weighted by atomic mass is 10.2. The first-order valence-electron chi connectivity index (χ1n) is 13.4. The Morgan fingerprint density at radius 3 is 2.44 bits per heavy atom. The van der Waals surface area contributed by atoms with E-state index in [0.29, 0.717) is 59.0 Å². The minimum Gasteiger partial charge on any atom is -0.368 e. The largest absolute Gasteiger partial charge is 0.368 e. The maximum absolute atomic E-state index is 13.8. The summed E-state index contributed by atoms with van der Waals surface area (Å²) in [6, 6.07) is 10.3. The van der Waals surface area contributed by atoms with Crippen LogP contribution in [0.1, 0.15) is 43.7 Å². The number of hydrogen-bond acceptors (Lipinski definition) is 7. The Bertz CT molecular complexity index is 1480. The number of amides is 1. The van der Waals surface area contributed by atoms with Gasteiger partial charge in [-0.2, -0.15) is 0 Å². The lowest BCUT2D eigenvalue weighted by Gasteiger charge is -2.37. The Hall–Kier alpha value is -3.24. The molecule has 0 unspecified atom stereocenters. The number of hydrogen-bond donors (Lipinski definition) is 0. The molecular formula is C29H32FN5O2S2. The molecule has 2 fully saturated rings. The number of benzene rings is 1. The molecule has 39 heavy (non-hydrogen) atoms. The van der Waals surface area contributed by atoms with Gasteiger partial charge in [0.05, 0.1) is 10.5 Å². The van der Waals surface area contributed by atoms with Crippen molar-refractivity contribution in [2.24, 2.45) is 0 Å². The van der Waals surface area contributed by atoms with E-state index in [2.05, 4.69) is 16.7 Å². The average molecular weight is 566 g/mol. The van der Waals surface area contributed by atoms with E-state index in [1.165, 1.54) is 23.9 Å². The van der Waals surface area contributed by atoms with E-state index in [9.17, 15) is 14.0 Å². The molecule has 204 valence electrons. The highest BCUT2D eigenvalue weighted by atomic mass is 32.2. The van der Waals surface area contributed by atoms with Gasteiger partial charge in [0.25, 0.3) is 11.5 Å². The highest BCUT2D eigenvalue weighted by Gasteiger charge is 2.33. The number of aromatic nitrogens is 2. The lowest BCUT2D eigenvalue weighted by Crippen LogP contribution is -2.47. The summed E-state index contributed by atoms with van der Waals surface area (Å²) in [5, 5.41) is 0. The van der Waals surface area contributed by atoms with E-state index in [1.807, 2.05) is 19.1 Å². The maximum Gasteiger partial charge on any atom is 0.267 e. The molecule has 5 rings (SSSR count). The quantitative estimate of drug-likeness (QED) is 0.210. The van der Waals surface area contributed by atoms with Crippen molar-refractivity contribution >= 4 is 57.4 Å². The van der Waals surface area contributed by atoms with E-state index in [0.717, 1.165) is 36.9 Å². The van der Waals surface area contributed by atoms with Crippen LogP contribution in [0, 0.1) is 12.7 Å². The Morgan fingerprint density at radius 1 is 1.00 bits per heavy atom. The van der Waals surface area contributed by atoms with Crippen LogP contribution >= 0.6 is 24.0 Å². The van der Waals surface area contributed by atoms with Crippen LogP contribution in [0.3, 0.4) is 0 Å². The second-order valence-electron chi connectivity index (χ2n) is 9.93. The molecule has 2 aliphatic rings. The van der Waals surface area contributed by atoms with E-state index >= 15 is 0 Å². The molecule has 1 amide bonds. The molecule has 0 N–H and O–H groups in total. The molecule has 7 nitrogen and oxygen atoms in total. The number of carbonyl (C=O) groups is 1. The fraction of sp³-hybridized carbons (Fsp3) is 0.379. The van der Waals surface area contributed by atoms with Crippen LogP contribution in [0.15, 0.2) is 52.3 Å². The number of fused-ring (bicyclic) bond motifs is 1. The number of nitrogens with zero attached hydrogens (tertiary/aromatic N) is 5. The van der Waals surface area contributed by atoms with Crippen LogP contribution in [0.4, 0.5) is 15.9 Å². The van der Waals surface area contributed by atoms with Crippen molar-refractivity contribution in [2.45, 2.75) is 39.5 Å². The zero-order valence-electron chi connectivity index (χ0n) is 22.2. The smallest absolute Gasteiger partial charge is 0.267 e. The summed E-state index contributed by atoms with van der Waals surface area (Å²) in [4.78, 5) is 38.4. The summed E-state index contributed by atoms with van der Waals surface area (Å²) in [5.41, 5.74) is 2.63. The molecule has 3 aromatic rings. The monoisotopic (exact) mass is 565 g/mol. The predicted molar refractivity (Wildman–Crippen MR) is 161 cm³/mol. The summed E-state index contributed by atoms with van der Waals surface area (Å²) in [6.45, 7) is 7.32. The Kier molecular flexibility index (Phi) is 8.32. The van der Waals surface area contributed by atoms with Crippen LogP contribution in [-0.4, -0.2) is 57.2 Å². The summed E-state index contributed by atoms with van der Waals surface area (Å²) in [5.74, 6) is 0.155. The zero-order chi connectivity index (χ0) is 27.5. The Morgan fingerprint density at radius 2 is 1.72 bits per heavy atom. The van der Waals surface area contributed by atoms with Gasteiger partial charge in [0.1, 0.15) is 21.6 Å². The Balaban J connectivity index is 1.46. The zero-order valence-corrected chi connectivity index (χ0v) is 23.9. The number of thioether (sulfide) groups is 1. The summed E-state index contributed by atoms with van der Waals surface area (Å²) >= 11 is 6.78. The first-order valence-corrected chi connectivity index (χ1v) is 14.6. The number of rotatable bonds is 8. The number of halogens is 1. The first-order chi connectivity index (χ1) is 18.9. The molecular weight excluding hydrogens is 533 g/mol. The molecule has 0 spiro atoms. The van der Waals surface area contributed by atoms with Crippen molar-refractivity contribution in [2.75, 3.05) is 42.5 Å². The summed E-state index contributed by atoms with van der Waals surface area (Å²) in [6.07, 6.45) is 7.65. The van der Waals surface area contributed by atoms with Crippen molar-refractivity contribution in [3.8, 4) is 0 Å². The van der Waals surface area contributed by atoms with E-state index in [1.54, 1.807) is 33.7 Å². The van der Waals surface area contributed by atoms with Gasteiger partial charge in [-0.15, -0.1) is 0 Å². The summed E-state index contributed by atoms with van der Waals surface area (Å²) in [7, 11) is 0. The van der Waals surface area contributed by atoms with Crippen LogP contribution in [0.2, 0.25) is 0 Å². The molecule has 0 radical (unpaired) electrons. The highest BCUT2D eigenvalue weighted by Crippen LogP contribution is 2.34. The minimum absolute atomic E-state index is 0.151. The third kappa shape index (κ3) is 5.86. The second kappa shape index (κ2) is 11.9. The molecule has 4 heterocycles. The van der Waals surface area contributed by atoms with Crippen LogP contribution in [0.5, 0.6) is 0 Å². The first kappa shape index (κ1) is 27.3. The SMILES string of the molecule is CCCCCCN1C(=O)/C(=C\c2c(N3CCN(c4ccc(F)cc4)CC3)nc3ccc(C)cn3c2=O)SC1=S. The Labute approximate surface area is 237 Å². The van der Waals surface area contributed by atoms with Crippen molar-refractivity contribution in [1.82, 2.24) is 14.3 Å². The van der Waals surface area contributed by atoms with Crippen molar-refractivity contribution in [1.29, 1.82) is 0 Å². The number of carbonyl (C=O) groups excluding carboxylic acids is 1. The summed E-state index contributed by atoms with van der Waals surface area (Å²) < 4.78 is 15.5. The van der Waals surface area contributed by atoms with E-state index in [-0.39, 0.29) is 17.3 Å². The van der Waals surface area contributed by atoms with Gasteiger partial charge in [-0.1, -0.05) is 56.2 Å². The number of aryl methyl sites for hydroxylation is 1. The lowest BCUT2D eigenvalue weighted by molar-refractivity contribution is -0.122. The third-order valence-corrected chi connectivity index (χ3v) is 8.52.